The molecule has 0 radical (unpaired) electrons. The summed E-state index contributed by atoms with van der Waals surface area (Å²) in [7, 11) is -2.70. The summed E-state index contributed by atoms with van der Waals surface area (Å²) in [6.45, 7) is 2.12. The molecule has 1 saturated carbocycles. The molecule has 0 bridgehead atoms. The van der Waals surface area contributed by atoms with E-state index < -0.39 is 9.73 Å². The molecule has 1 saturated heterocycles. The van der Waals surface area contributed by atoms with E-state index in [0.29, 0.717) is 4.90 Å². The summed E-state index contributed by atoms with van der Waals surface area (Å²) in [4.78, 5) is 6.61. The molecule has 0 amide bonds. The summed E-state index contributed by atoms with van der Waals surface area (Å²) in [5.74, 6) is 0. The van der Waals surface area contributed by atoms with Gasteiger partial charge in [0.1, 0.15) is 0 Å². The van der Waals surface area contributed by atoms with Crippen molar-refractivity contribution in [3.63, 3.8) is 0 Å². The van der Waals surface area contributed by atoms with Crippen LogP contribution in [0.2, 0.25) is 0 Å². The Kier molecular flexibility index (Phi) is 7.12. The number of para-hydroxylation sites is 1. The predicted molar refractivity (Wildman–Crippen MR) is 114 cm³/mol. The second-order valence-electron chi connectivity index (χ2n) is 7.44. The van der Waals surface area contributed by atoms with Gasteiger partial charge in [0.15, 0.2) is 0 Å². The molecule has 6 heteroatoms. The molecular formula is C22H26CsN3OS. The molecule has 1 atom stereocenters. The topological polar surface area (TPSA) is 60.0 Å². The van der Waals surface area contributed by atoms with E-state index in [-0.39, 0.29) is 81.6 Å². The van der Waals surface area contributed by atoms with E-state index in [0.717, 1.165) is 42.7 Å². The number of fused-ring (bicyclic) bond motifs is 1. The number of nitrogens with zero attached hydrogens (tertiary/aromatic N) is 1. The van der Waals surface area contributed by atoms with Crippen LogP contribution in [0.5, 0.6) is 0 Å². The Balaban J connectivity index is 0.00000112. The minimum Gasteiger partial charge on any atom is -0.371 e. The summed E-state index contributed by atoms with van der Waals surface area (Å²) in [5.41, 5.74) is 4.40. The van der Waals surface area contributed by atoms with Crippen LogP contribution >= 0.6 is 0 Å². The Morgan fingerprint density at radius 3 is 2.43 bits per heavy atom. The van der Waals surface area contributed by atoms with E-state index in [1.165, 1.54) is 23.9 Å². The molecule has 28 heavy (non-hydrogen) atoms. The first-order valence-electron chi connectivity index (χ1n) is 9.38. The van der Waals surface area contributed by atoms with Crippen molar-refractivity contribution in [2.75, 3.05) is 18.0 Å². The van der Waals surface area contributed by atoms with Gasteiger partial charge in [-0.25, -0.2) is 8.99 Å². The quantitative estimate of drug-likeness (QED) is 0.527. The number of aromatic amines is 1. The SMILES string of the molecule is N=S(=O)(c1ccc(N2CCCC2)c(-c2cc3ccccc3[nH]2)c1)C1CC1.[CH3-].[Cs+]. The normalized spacial score (nSPS) is 18.4. The number of nitrogens with one attached hydrogen (secondary N) is 2. The number of anilines is 1. The minimum atomic E-state index is -2.70. The number of H-pyrrole nitrogens is 1. The fourth-order valence-corrected chi connectivity index (χ4v) is 5.71. The molecule has 142 valence electrons. The van der Waals surface area contributed by atoms with Gasteiger partial charge in [-0.05, 0) is 56.0 Å². The largest absolute Gasteiger partial charge is 1.00 e. The van der Waals surface area contributed by atoms with Gasteiger partial charge in [0.05, 0.1) is 9.73 Å². The molecule has 2 aliphatic rings. The summed E-state index contributed by atoms with van der Waals surface area (Å²) >= 11 is 0. The van der Waals surface area contributed by atoms with Gasteiger partial charge in [-0.15, -0.1) is 0 Å². The van der Waals surface area contributed by atoms with E-state index in [1.54, 1.807) is 0 Å². The van der Waals surface area contributed by atoms with Crippen LogP contribution in [0.1, 0.15) is 25.7 Å². The zero-order valence-corrected chi connectivity index (χ0v) is 23.8. The summed E-state index contributed by atoms with van der Waals surface area (Å²) in [6.07, 6.45) is 4.26. The van der Waals surface area contributed by atoms with Crippen LogP contribution in [0.4, 0.5) is 5.69 Å². The zero-order chi connectivity index (χ0) is 17.7. The van der Waals surface area contributed by atoms with Gasteiger partial charge < -0.3 is 17.3 Å². The molecule has 2 fully saturated rings. The summed E-state index contributed by atoms with van der Waals surface area (Å²) < 4.78 is 21.4. The Morgan fingerprint density at radius 1 is 1.04 bits per heavy atom. The van der Waals surface area contributed by atoms with Gasteiger partial charge in [0.2, 0.25) is 0 Å². The predicted octanol–water partition coefficient (Wildman–Crippen LogP) is 2.46. The Bertz CT molecular complexity index is 1050. The second kappa shape index (κ2) is 8.88. The van der Waals surface area contributed by atoms with E-state index >= 15 is 0 Å². The molecular weight excluding hydrogens is 487 g/mol. The maximum atomic E-state index is 13.0. The van der Waals surface area contributed by atoms with Crippen LogP contribution in [0.15, 0.2) is 53.4 Å². The van der Waals surface area contributed by atoms with Crippen molar-refractivity contribution in [3.05, 3.63) is 56.0 Å². The number of rotatable bonds is 4. The number of benzene rings is 2. The third kappa shape index (κ3) is 4.15. The van der Waals surface area contributed by atoms with Crippen LogP contribution in [-0.2, 0) is 9.73 Å². The minimum absolute atomic E-state index is 0. The molecule has 3 aromatic rings. The molecule has 2 heterocycles. The van der Waals surface area contributed by atoms with E-state index in [4.69, 9.17) is 4.78 Å². The van der Waals surface area contributed by atoms with Crippen LogP contribution < -0.4 is 73.8 Å². The van der Waals surface area contributed by atoms with E-state index in [1.807, 2.05) is 24.3 Å². The van der Waals surface area contributed by atoms with Gasteiger partial charge in [0.25, 0.3) is 0 Å². The van der Waals surface area contributed by atoms with Crippen LogP contribution in [-0.4, -0.2) is 27.5 Å². The number of hydrogen-bond donors (Lipinski definition) is 2. The molecule has 2 aromatic carbocycles. The second-order valence-corrected chi connectivity index (χ2v) is 9.78. The summed E-state index contributed by atoms with van der Waals surface area (Å²) in [6, 6.07) is 16.4. The Hall–Kier alpha value is -0.218. The maximum Gasteiger partial charge on any atom is 1.00 e. The van der Waals surface area contributed by atoms with Crippen molar-refractivity contribution in [2.45, 2.75) is 35.8 Å². The maximum absolute atomic E-state index is 13.0. The molecule has 1 aromatic heterocycles. The first-order chi connectivity index (χ1) is 12.6. The van der Waals surface area contributed by atoms with Gasteiger partial charge in [-0.1, -0.05) is 18.2 Å². The molecule has 4 nitrogen and oxygen atoms in total. The monoisotopic (exact) mass is 513 g/mol. The van der Waals surface area contributed by atoms with Crippen molar-refractivity contribution < 1.29 is 73.1 Å². The standard InChI is InChI=1S/C21H23N3OS.CH3.Cs/c22-26(25,16-7-8-16)17-9-10-21(24-11-3-4-12-24)18(14-17)20-13-15-5-1-2-6-19(15)23-20;;/h1-2,5-6,9-10,13-14,16,22-23H,3-4,7-8,11-12H2;1H3;/q;-1;+1. The van der Waals surface area contributed by atoms with Gasteiger partial charge in [0, 0.05) is 51.1 Å². The van der Waals surface area contributed by atoms with Crippen molar-refractivity contribution >= 4 is 26.3 Å². The van der Waals surface area contributed by atoms with Gasteiger partial charge in [-0.2, -0.15) is 0 Å². The van der Waals surface area contributed by atoms with Gasteiger partial charge >= 0.3 is 68.9 Å². The van der Waals surface area contributed by atoms with Crippen LogP contribution in [0, 0.1) is 12.2 Å². The van der Waals surface area contributed by atoms with Crippen LogP contribution in [0.3, 0.4) is 0 Å². The van der Waals surface area contributed by atoms with Gasteiger partial charge in [-0.3, -0.25) is 0 Å². The smallest absolute Gasteiger partial charge is 0.371 e. The third-order valence-corrected chi connectivity index (χ3v) is 7.94. The first kappa shape index (κ1) is 22.5. The Morgan fingerprint density at radius 2 is 1.75 bits per heavy atom. The molecule has 5 rings (SSSR count). The van der Waals surface area contributed by atoms with Crippen molar-refractivity contribution in [2.24, 2.45) is 0 Å². The fraction of sp³-hybridized carbons (Fsp3) is 0.318. The van der Waals surface area contributed by atoms with Crippen molar-refractivity contribution in [3.8, 4) is 11.3 Å². The van der Waals surface area contributed by atoms with Crippen molar-refractivity contribution in [1.29, 1.82) is 4.78 Å². The molecule has 1 aliphatic heterocycles. The fourth-order valence-electron chi connectivity index (χ4n) is 3.96. The Labute approximate surface area is 226 Å². The number of aromatic nitrogens is 1. The zero-order valence-electron chi connectivity index (χ0n) is 16.7. The van der Waals surface area contributed by atoms with E-state index in [9.17, 15) is 4.21 Å². The third-order valence-electron chi connectivity index (χ3n) is 5.58. The van der Waals surface area contributed by atoms with E-state index in [2.05, 4.69) is 34.1 Å². The first-order valence-corrected chi connectivity index (χ1v) is 11.0. The molecule has 1 aliphatic carbocycles. The number of hydrogen-bond acceptors (Lipinski definition) is 3. The molecule has 2 N–H and O–H groups in total. The average molecular weight is 513 g/mol. The molecule has 1 unspecified atom stereocenters. The summed E-state index contributed by atoms with van der Waals surface area (Å²) in [5, 5.41) is 1.21. The molecule has 0 spiro atoms. The van der Waals surface area contributed by atoms with Crippen LogP contribution in [0.25, 0.3) is 22.2 Å². The van der Waals surface area contributed by atoms with Crippen molar-refractivity contribution in [1.82, 2.24) is 4.98 Å². The average Bonchev–Trinajstić information content (AvgIpc) is 3.22.